The van der Waals surface area contributed by atoms with Crippen molar-refractivity contribution in [1.82, 2.24) is 29.7 Å². The van der Waals surface area contributed by atoms with Crippen LogP contribution in [0.3, 0.4) is 0 Å². The van der Waals surface area contributed by atoms with Crippen molar-refractivity contribution in [3.05, 3.63) is 42.2 Å². The number of nitrogens with one attached hydrogen (secondary N) is 1. The minimum absolute atomic E-state index is 0.109. The maximum Gasteiger partial charge on any atom is 0.410 e. The summed E-state index contributed by atoms with van der Waals surface area (Å²) in [6.45, 7) is 7.16. The molecule has 2 atom stereocenters. The van der Waals surface area contributed by atoms with Crippen molar-refractivity contribution in [3.63, 3.8) is 0 Å². The summed E-state index contributed by atoms with van der Waals surface area (Å²) in [5.74, 6) is 0. The molecule has 2 aliphatic heterocycles. The molecule has 1 aliphatic carbocycles. The van der Waals surface area contributed by atoms with Crippen LogP contribution in [-0.4, -0.2) is 72.6 Å². The molecule has 3 fully saturated rings. The van der Waals surface area contributed by atoms with Crippen LogP contribution in [0.25, 0.3) is 27.5 Å². The zero-order valence-electron chi connectivity index (χ0n) is 23.9. The Bertz CT molecular complexity index is 1680. The maximum absolute atomic E-state index is 12.9. The topological polar surface area (TPSA) is 125 Å². The van der Waals surface area contributed by atoms with E-state index >= 15 is 0 Å². The fourth-order valence-electron chi connectivity index (χ4n) is 6.04. The zero-order chi connectivity index (χ0) is 29.0. The van der Waals surface area contributed by atoms with Crippen LogP contribution in [-0.2, 0) is 4.74 Å². The van der Waals surface area contributed by atoms with Crippen molar-refractivity contribution in [2.45, 2.75) is 76.6 Å². The van der Waals surface area contributed by atoms with Gasteiger partial charge in [-0.25, -0.2) is 9.31 Å². The summed E-state index contributed by atoms with van der Waals surface area (Å²) in [7, 11) is 0. The Kier molecular flexibility index (Phi) is 6.50. The molecular weight excluding hydrogens is 550 g/mol. The van der Waals surface area contributed by atoms with E-state index in [0.29, 0.717) is 11.6 Å². The first-order chi connectivity index (χ1) is 20.3. The summed E-state index contributed by atoms with van der Waals surface area (Å²) >= 11 is 1.56. The highest BCUT2D eigenvalue weighted by atomic mass is 32.1. The second-order valence-corrected chi connectivity index (χ2v) is 13.3. The number of nitriles is 1. The van der Waals surface area contributed by atoms with Gasteiger partial charge in [0.05, 0.1) is 46.3 Å². The van der Waals surface area contributed by atoms with E-state index in [-0.39, 0.29) is 18.2 Å². The van der Waals surface area contributed by atoms with Crippen molar-refractivity contribution in [3.8, 4) is 28.0 Å². The van der Waals surface area contributed by atoms with E-state index in [9.17, 15) is 10.1 Å². The van der Waals surface area contributed by atoms with Crippen LogP contribution in [0.15, 0.2) is 36.7 Å². The molecule has 42 heavy (non-hydrogen) atoms. The summed E-state index contributed by atoms with van der Waals surface area (Å²) in [5, 5.41) is 28.3. The molecule has 2 unspecified atom stereocenters. The van der Waals surface area contributed by atoms with Crippen LogP contribution in [0.1, 0.15) is 58.4 Å². The largest absolute Gasteiger partial charge is 0.444 e. The summed E-state index contributed by atoms with van der Waals surface area (Å²) in [5.41, 5.74) is 4.40. The zero-order valence-corrected chi connectivity index (χ0v) is 24.8. The van der Waals surface area contributed by atoms with Gasteiger partial charge in [0.2, 0.25) is 5.13 Å². The number of hydrogen-bond acceptors (Lipinski definition) is 10. The molecule has 11 nitrogen and oxygen atoms in total. The molecule has 1 amide bonds. The van der Waals surface area contributed by atoms with E-state index in [2.05, 4.69) is 37.6 Å². The van der Waals surface area contributed by atoms with Gasteiger partial charge in [-0.05, 0) is 77.1 Å². The molecule has 216 valence electrons. The Morgan fingerprint density at radius 3 is 2.57 bits per heavy atom. The van der Waals surface area contributed by atoms with E-state index in [1.165, 1.54) is 6.42 Å². The summed E-state index contributed by atoms with van der Waals surface area (Å²) in [4.78, 5) is 21.9. The Morgan fingerprint density at radius 2 is 1.88 bits per heavy atom. The molecule has 1 N–H and O–H groups in total. The maximum atomic E-state index is 12.9. The predicted octanol–water partition coefficient (Wildman–Crippen LogP) is 5.34. The third-order valence-corrected chi connectivity index (χ3v) is 9.28. The lowest BCUT2D eigenvalue weighted by atomic mass is 9.92. The number of carbonyl (C=O) groups is 1. The van der Waals surface area contributed by atoms with Gasteiger partial charge in [-0.2, -0.15) is 10.4 Å². The number of fused-ring (bicyclic) bond motifs is 3. The van der Waals surface area contributed by atoms with E-state index in [1.54, 1.807) is 17.5 Å². The third kappa shape index (κ3) is 4.91. The van der Waals surface area contributed by atoms with Gasteiger partial charge in [0.1, 0.15) is 11.7 Å². The number of nitrogens with zero attached hydrogens (tertiary/aromatic N) is 8. The van der Waals surface area contributed by atoms with Gasteiger partial charge in [-0.3, -0.25) is 9.88 Å². The normalized spacial score (nSPS) is 20.4. The number of ether oxygens (including phenoxy) is 1. The van der Waals surface area contributed by atoms with Crippen molar-refractivity contribution in [2.24, 2.45) is 0 Å². The van der Waals surface area contributed by atoms with E-state index in [1.807, 2.05) is 54.6 Å². The monoisotopic (exact) mass is 583 g/mol. The van der Waals surface area contributed by atoms with Gasteiger partial charge in [0.15, 0.2) is 5.01 Å². The molecule has 2 bridgehead atoms. The number of piperazine rings is 1. The summed E-state index contributed by atoms with van der Waals surface area (Å²) in [6.07, 6.45) is 8.64. The van der Waals surface area contributed by atoms with E-state index < -0.39 is 5.60 Å². The fraction of sp³-hybridized carbons (Fsp3) is 0.467. The van der Waals surface area contributed by atoms with Crippen molar-refractivity contribution < 1.29 is 9.53 Å². The number of carbonyl (C=O) groups excluding carboxylic acids is 1. The lowest BCUT2D eigenvalue weighted by Gasteiger charge is -2.41. The molecule has 2 saturated heterocycles. The molecule has 0 aromatic carbocycles. The van der Waals surface area contributed by atoms with Gasteiger partial charge in [-0.15, -0.1) is 10.2 Å². The first kappa shape index (κ1) is 26.6. The number of hydrogen-bond donors (Lipinski definition) is 1. The average Bonchev–Trinajstić information content (AvgIpc) is 3.65. The first-order valence-electron chi connectivity index (χ1n) is 14.5. The van der Waals surface area contributed by atoms with E-state index in [4.69, 9.17) is 9.72 Å². The van der Waals surface area contributed by atoms with Crippen molar-refractivity contribution in [2.75, 3.05) is 23.3 Å². The lowest BCUT2D eigenvalue weighted by molar-refractivity contribution is 0.0123. The van der Waals surface area contributed by atoms with Gasteiger partial charge >= 0.3 is 6.09 Å². The average molecular weight is 584 g/mol. The van der Waals surface area contributed by atoms with Gasteiger partial charge < -0.3 is 15.0 Å². The number of amides is 1. The Balaban J connectivity index is 1.15. The Morgan fingerprint density at radius 1 is 1.10 bits per heavy atom. The number of anilines is 2. The smallest absolute Gasteiger partial charge is 0.410 e. The molecule has 1 saturated carbocycles. The highest BCUT2D eigenvalue weighted by molar-refractivity contribution is 7.18. The van der Waals surface area contributed by atoms with Crippen LogP contribution in [0.5, 0.6) is 0 Å². The van der Waals surface area contributed by atoms with Crippen LogP contribution in [0.2, 0.25) is 0 Å². The summed E-state index contributed by atoms with van der Waals surface area (Å²) < 4.78 is 7.51. The van der Waals surface area contributed by atoms with Gasteiger partial charge in [-0.1, -0.05) is 11.3 Å². The first-order valence-corrected chi connectivity index (χ1v) is 15.3. The van der Waals surface area contributed by atoms with Gasteiger partial charge in [0.25, 0.3) is 0 Å². The number of pyridine rings is 1. The van der Waals surface area contributed by atoms with Crippen molar-refractivity contribution in [1.29, 1.82) is 5.26 Å². The number of aromatic nitrogens is 5. The minimum Gasteiger partial charge on any atom is -0.444 e. The molecule has 4 aromatic rings. The minimum atomic E-state index is -0.511. The molecule has 6 heterocycles. The highest BCUT2D eigenvalue weighted by Gasteiger charge is 2.45. The van der Waals surface area contributed by atoms with Crippen LogP contribution >= 0.6 is 11.3 Å². The predicted molar refractivity (Wildman–Crippen MR) is 160 cm³/mol. The molecule has 0 radical (unpaired) electrons. The highest BCUT2D eigenvalue weighted by Crippen LogP contribution is 2.39. The molecule has 4 aromatic heterocycles. The molecule has 0 spiro atoms. The fourth-order valence-corrected chi connectivity index (χ4v) is 6.92. The Labute approximate surface area is 248 Å². The van der Waals surface area contributed by atoms with Crippen molar-refractivity contribution >= 4 is 33.8 Å². The molecular formula is C30H33N9O2S. The second-order valence-electron chi connectivity index (χ2n) is 12.4. The van der Waals surface area contributed by atoms with Crippen LogP contribution < -0.4 is 10.2 Å². The van der Waals surface area contributed by atoms with Crippen LogP contribution in [0.4, 0.5) is 15.6 Å². The quantitative estimate of drug-likeness (QED) is 0.331. The standard InChI is InChI=1S/C30H33N9O2S/c1-30(2,3)41-29(40)38-21-7-8-22(38)17-37(16-21)28-36-35-27(42-28)23-15-32-25(12-24(23)34-19-5-4-6-19)26-10-9-20-11-18(13-31)14-33-39(20)26/h9-12,14-15,19,21-22H,4-8,16-17H2,1-3H3,(H,32,34). The third-order valence-electron chi connectivity index (χ3n) is 8.26. The van der Waals surface area contributed by atoms with Crippen LogP contribution in [0, 0.1) is 11.3 Å². The molecule has 12 heteroatoms. The lowest BCUT2D eigenvalue weighted by Crippen LogP contribution is -2.56. The second kappa shape index (κ2) is 10.2. The molecule has 3 aliphatic rings. The molecule has 7 rings (SSSR count). The number of rotatable bonds is 5. The van der Waals surface area contributed by atoms with Gasteiger partial charge in [0, 0.05) is 31.0 Å². The van der Waals surface area contributed by atoms with E-state index in [0.717, 1.165) is 77.1 Å². The SMILES string of the molecule is CC(C)(C)OC(=O)N1C2CCC1CN(c1nnc(-c3cnc(-c4ccc5cc(C#N)cnn45)cc3NC3CCC3)s1)C2. The summed E-state index contributed by atoms with van der Waals surface area (Å²) in [6, 6.07) is 10.6. The Hall–Kier alpha value is -4.24.